The first-order chi connectivity index (χ1) is 5.29. The zero-order chi connectivity index (χ0) is 7.84. The summed E-state index contributed by atoms with van der Waals surface area (Å²) in [6.45, 7) is 0. The van der Waals surface area contributed by atoms with Gasteiger partial charge in [-0.25, -0.2) is 0 Å². The molecule has 0 N–H and O–H groups in total. The van der Waals surface area contributed by atoms with Gasteiger partial charge in [0.1, 0.15) is 0 Å². The van der Waals surface area contributed by atoms with Gasteiger partial charge in [0.05, 0.1) is 0 Å². The van der Waals surface area contributed by atoms with Crippen LogP contribution in [-0.4, -0.2) is 5.78 Å². The van der Waals surface area contributed by atoms with Gasteiger partial charge in [-0.05, 0) is 12.0 Å². The van der Waals surface area contributed by atoms with Crippen molar-refractivity contribution >= 4 is 5.78 Å². The highest BCUT2D eigenvalue weighted by atomic mass is 16.1. The highest BCUT2D eigenvalue weighted by Gasteiger charge is 2.17. The molecular formula is C9H8O. The SMILES string of the molecule is [2H]C1Cc2ccccc2C1=O. The van der Waals surface area contributed by atoms with Crippen LogP contribution < -0.4 is 0 Å². The van der Waals surface area contributed by atoms with Crippen LogP contribution in [0, 0.1) is 0 Å². The smallest absolute Gasteiger partial charge is 0.163 e. The monoisotopic (exact) mass is 133 g/mol. The number of rotatable bonds is 0. The average molecular weight is 133 g/mol. The predicted octanol–water partition coefficient (Wildman–Crippen LogP) is 1.82. The van der Waals surface area contributed by atoms with Crippen LogP contribution in [0.3, 0.4) is 0 Å². The molecule has 1 unspecified atom stereocenters. The fraction of sp³-hybridized carbons (Fsp3) is 0.222. The van der Waals surface area contributed by atoms with Gasteiger partial charge in [0, 0.05) is 13.3 Å². The van der Waals surface area contributed by atoms with Crippen molar-refractivity contribution in [3.05, 3.63) is 35.4 Å². The second-order valence-corrected chi connectivity index (χ2v) is 2.43. The number of ketones is 1. The lowest BCUT2D eigenvalue weighted by Gasteiger charge is -1.92. The summed E-state index contributed by atoms with van der Waals surface area (Å²) in [6, 6.07) is 7.47. The lowest BCUT2D eigenvalue weighted by Crippen LogP contribution is -1.88. The number of Topliss-reactive ketones (excluding diaryl/α,β-unsaturated/α-hetero) is 1. The first-order valence-corrected chi connectivity index (χ1v) is 3.33. The summed E-state index contributed by atoms with van der Waals surface area (Å²) in [7, 11) is 0. The minimum atomic E-state index is -0.549. The Morgan fingerprint density at radius 3 is 3.00 bits per heavy atom. The largest absolute Gasteiger partial charge is 0.294 e. The number of aryl methyl sites for hydroxylation is 1. The molecule has 2 rings (SSSR count). The first-order valence-electron chi connectivity index (χ1n) is 3.91. The van der Waals surface area contributed by atoms with Gasteiger partial charge in [-0.1, -0.05) is 24.3 Å². The lowest BCUT2D eigenvalue weighted by atomic mass is 10.1. The molecule has 0 radical (unpaired) electrons. The third-order valence-electron chi connectivity index (χ3n) is 1.79. The van der Waals surface area contributed by atoms with Crippen LogP contribution in [0.5, 0.6) is 0 Å². The van der Waals surface area contributed by atoms with Crippen LogP contribution in [0.4, 0.5) is 0 Å². The maximum atomic E-state index is 11.2. The Morgan fingerprint density at radius 2 is 2.20 bits per heavy atom. The zero-order valence-electron chi connectivity index (χ0n) is 6.50. The Balaban J connectivity index is 2.55. The van der Waals surface area contributed by atoms with Gasteiger partial charge in [0.15, 0.2) is 5.78 Å². The van der Waals surface area contributed by atoms with Crippen LogP contribution >= 0.6 is 0 Å². The molecule has 0 fully saturated rings. The van der Waals surface area contributed by atoms with Crippen molar-refractivity contribution in [1.82, 2.24) is 0 Å². The van der Waals surface area contributed by atoms with Crippen LogP contribution in [0.25, 0.3) is 0 Å². The third-order valence-corrected chi connectivity index (χ3v) is 1.79. The van der Waals surface area contributed by atoms with Crippen molar-refractivity contribution in [3.8, 4) is 0 Å². The van der Waals surface area contributed by atoms with Gasteiger partial charge in [-0.15, -0.1) is 0 Å². The quantitative estimate of drug-likeness (QED) is 0.527. The number of hydrogen-bond acceptors (Lipinski definition) is 1. The number of carbonyl (C=O) groups excluding carboxylic acids is 1. The van der Waals surface area contributed by atoms with E-state index in [2.05, 4.69) is 0 Å². The average Bonchev–Trinajstić information content (AvgIpc) is 2.30. The van der Waals surface area contributed by atoms with E-state index >= 15 is 0 Å². The van der Waals surface area contributed by atoms with Gasteiger partial charge >= 0.3 is 0 Å². The predicted molar refractivity (Wildman–Crippen MR) is 39.1 cm³/mol. The van der Waals surface area contributed by atoms with E-state index in [0.29, 0.717) is 6.42 Å². The van der Waals surface area contributed by atoms with Crippen LogP contribution in [0.2, 0.25) is 0 Å². The molecule has 0 bridgehead atoms. The molecule has 0 heterocycles. The molecule has 1 aromatic rings. The minimum Gasteiger partial charge on any atom is -0.294 e. The summed E-state index contributed by atoms with van der Waals surface area (Å²) < 4.78 is 7.37. The minimum absolute atomic E-state index is 0.0272. The van der Waals surface area contributed by atoms with E-state index < -0.39 is 6.40 Å². The number of benzene rings is 1. The molecule has 0 aromatic heterocycles. The fourth-order valence-corrected chi connectivity index (χ4v) is 1.25. The standard InChI is InChI=1S/C9H8O/c10-9-6-5-7-3-1-2-4-8(7)9/h1-4H,5-6H2/i6D. The molecule has 10 heavy (non-hydrogen) atoms. The summed E-state index contributed by atoms with van der Waals surface area (Å²) >= 11 is 0. The van der Waals surface area contributed by atoms with Crippen molar-refractivity contribution in [2.24, 2.45) is 0 Å². The van der Waals surface area contributed by atoms with Crippen molar-refractivity contribution in [2.75, 3.05) is 0 Å². The van der Waals surface area contributed by atoms with Gasteiger partial charge in [0.25, 0.3) is 0 Å². The van der Waals surface area contributed by atoms with Crippen LogP contribution in [-0.2, 0) is 6.42 Å². The molecule has 1 aromatic carbocycles. The van der Waals surface area contributed by atoms with E-state index in [1.54, 1.807) is 6.07 Å². The molecule has 0 aliphatic heterocycles. The number of fused-ring (bicyclic) bond motifs is 1. The van der Waals surface area contributed by atoms with Gasteiger partial charge in [-0.2, -0.15) is 0 Å². The first kappa shape index (κ1) is 4.67. The zero-order valence-corrected chi connectivity index (χ0v) is 5.50. The second-order valence-electron chi connectivity index (χ2n) is 2.43. The van der Waals surface area contributed by atoms with Crippen LogP contribution in [0.1, 0.15) is 23.7 Å². The maximum absolute atomic E-state index is 11.2. The van der Waals surface area contributed by atoms with Crippen molar-refractivity contribution in [2.45, 2.75) is 12.8 Å². The van der Waals surface area contributed by atoms with E-state index in [-0.39, 0.29) is 5.78 Å². The van der Waals surface area contributed by atoms with Crippen molar-refractivity contribution in [1.29, 1.82) is 0 Å². The summed E-state index contributed by atoms with van der Waals surface area (Å²) in [6.07, 6.45) is 0.0436. The summed E-state index contributed by atoms with van der Waals surface area (Å²) in [5, 5.41) is 0. The summed E-state index contributed by atoms with van der Waals surface area (Å²) in [5.74, 6) is -0.0272. The molecule has 1 heteroatoms. The highest BCUT2D eigenvalue weighted by Crippen LogP contribution is 2.20. The number of hydrogen-bond donors (Lipinski definition) is 0. The Hall–Kier alpha value is -1.11. The Labute approximate surface area is 61.1 Å². The van der Waals surface area contributed by atoms with E-state index in [1.807, 2.05) is 18.2 Å². The Kier molecular flexibility index (Phi) is 0.906. The molecule has 1 aliphatic rings. The molecule has 0 saturated carbocycles. The van der Waals surface area contributed by atoms with E-state index in [0.717, 1.165) is 11.1 Å². The summed E-state index contributed by atoms with van der Waals surface area (Å²) in [4.78, 5) is 11.2. The van der Waals surface area contributed by atoms with Gasteiger partial charge in [0.2, 0.25) is 0 Å². The second kappa shape index (κ2) is 1.94. The number of carbonyl (C=O) groups is 1. The Bertz CT molecular complexity index is 306. The molecule has 0 amide bonds. The highest BCUT2D eigenvalue weighted by molar-refractivity contribution is 6.00. The molecule has 0 saturated heterocycles. The molecule has 1 nitrogen and oxygen atoms in total. The van der Waals surface area contributed by atoms with Gasteiger partial charge < -0.3 is 0 Å². The molecule has 0 spiro atoms. The molecule has 1 aliphatic carbocycles. The molecule has 1 atom stereocenters. The molecular weight excluding hydrogens is 124 g/mol. The third kappa shape index (κ3) is 0.670. The van der Waals surface area contributed by atoms with Crippen LogP contribution in [0.15, 0.2) is 24.3 Å². The molecule has 50 valence electrons. The fourth-order valence-electron chi connectivity index (χ4n) is 1.25. The topological polar surface area (TPSA) is 17.1 Å². The summed E-state index contributed by atoms with van der Waals surface area (Å²) in [5.41, 5.74) is 1.77. The van der Waals surface area contributed by atoms with Gasteiger partial charge in [-0.3, -0.25) is 4.79 Å². The van der Waals surface area contributed by atoms with E-state index in [4.69, 9.17) is 1.37 Å². The van der Waals surface area contributed by atoms with E-state index in [1.165, 1.54) is 0 Å². The normalized spacial score (nSPS) is 24.2. The Morgan fingerprint density at radius 1 is 1.40 bits per heavy atom. The van der Waals surface area contributed by atoms with Crippen molar-refractivity contribution < 1.29 is 6.17 Å². The maximum Gasteiger partial charge on any atom is 0.163 e. The lowest BCUT2D eigenvalue weighted by molar-refractivity contribution is 0.0994. The van der Waals surface area contributed by atoms with E-state index in [9.17, 15) is 4.79 Å². The van der Waals surface area contributed by atoms with Crippen molar-refractivity contribution in [3.63, 3.8) is 0 Å².